The van der Waals surface area contributed by atoms with Crippen LogP contribution in [0.3, 0.4) is 0 Å². The van der Waals surface area contributed by atoms with Gasteiger partial charge in [0.25, 0.3) is 0 Å². The van der Waals surface area contributed by atoms with Gasteiger partial charge in [0, 0.05) is 10.1 Å². The van der Waals surface area contributed by atoms with Crippen molar-refractivity contribution in [3.63, 3.8) is 0 Å². The number of benzene rings is 1. The Kier molecular flexibility index (Phi) is 5.92. The second kappa shape index (κ2) is 8.36. The van der Waals surface area contributed by atoms with Gasteiger partial charge in [-0.05, 0) is 32.3 Å². The summed E-state index contributed by atoms with van der Waals surface area (Å²) in [5, 5.41) is 13.8. The van der Waals surface area contributed by atoms with Gasteiger partial charge in [0.05, 0.1) is 23.5 Å². The summed E-state index contributed by atoms with van der Waals surface area (Å²) >= 11 is 1.38. The summed E-state index contributed by atoms with van der Waals surface area (Å²) in [6, 6.07) is 9.75. The van der Waals surface area contributed by atoms with Crippen molar-refractivity contribution in [2.75, 3.05) is 5.32 Å². The number of allylic oxidation sites excluding steroid dienone is 2. The molecule has 6 heteroatoms. The Bertz CT molecular complexity index is 925. The molecule has 3 unspecified atom stereocenters. The van der Waals surface area contributed by atoms with Gasteiger partial charge in [-0.2, -0.15) is 5.26 Å². The number of rotatable bonds is 5. The highest BCUT2D eigenvalue weighted by molar-refractivity contribution is 7.23. The van der Waals surface area contributed by atoms with Crippen LogP contribution in [0.4, 0.5) is 5.00 Å². The van der Waals surface area contributed by atoms with E-state index in [1.165, 1.54) is 11.3 Å². The zero-order chi connectivity index (χ0) is 19.4. The fraction of sp³-hybridized carbons (Fsp3) is 0.381. The number of hydrogen-bond acceptors (Lipinski definition) is 5. The molecule has 1 N–H and O–H groups in total. The highest BCUT2D eigenvalue weighted by Crippen LogP contribution is 2.36. The van der Waals surface area contributed by atoms with Crippen molar-refractivity contribution in [3.8, 4) is 6.07 Å². The number of esters is 1. The summed E-state index contributed by atoms with van der Waals surface area (Å²) in [4.78, 5) is 25.4. The largest absolute Gasteiger partial charge is 0.462 e. The molecule has 3 rings (SSSR count). The Balaban J connectivity index is 1.81. The lowest BCUT2D eigenvalue weighted by molar-refractivity contribution is -0.157. The van der Waals surface area contributed by atoms with Crippen molar-refractivity contribution >= 4 is 38.3 Å². The lowest BCUT2D eigenvalue weighted by atomic mass is 9.82. The Morgan fingerprint density at radius 2 is 2.00 bits per heavy atom. The number of fused-ring (bicyclic) bond motifs is 1. The van der Waals surface area contributed by atoms with Crippen molar-refractivity contribution in [1.29, 1.82) is 5.26 Å². The van der Waals surface area contributed by atoms with E-state index in [0.717, 1.165) is 16.5 Å². The smallest absolute Gasteiger partial charge is 0.310 e. The number of carbonyl (C=O) groups excluding carboxylic acids is 2. The van der Waals surface area contributed by atoms with Gasteiger partial charge in [0.2, 0.25) is 5.91 Å². The molecule has 140 valence electrons. The molecule has 0 aliphatic heterocycles. The molecule has 0 spiro atoms. The first-order valence-electron chi connectivity index (χ1n) is 9.13. The van der Waals surface area contributed by atoms with E-state index in [-0.39, 0.29) is 18.0 Å². The van der Waals surface area contributed by atoms with Gasteiger partial charge in [-0.15, -0.1) is 11.3 Å². The van der Waals surface area contributed by atoms with Gasteiger partial charge >= 0.3 is 5.97 Å². The molecule has 27 heavy (non-hydrogen) atoms. The molecule has 1 aliphatic carbocycles. The lowest BCUT2D eigenvalue weighted by Crippen LogP contribution is -2.36. The van der Waals surface area contributed by atoms with E-state index in [0.29, 0.717) is 23.4 Å². The molecular weight excluding hydrogens is 360 g/mol. The van der Waals surface area contributed by atoms with Gasteiger partial charge in [0.15, 0.2) is 0 Å². The van der Waals surface area contributed by atoms with E-state index in [4.69, 9.17) is 4.74 Å². The molecule has 1 aromatic heterocycles. The Morgan fingerprint density at radius 1 is 1.30 bits per heavy atom. The maximum Gasteiger partial charge on any atom is 0.310 e. The van der Waals surface area contributed by atoms with Gasteiger partial charge in [-0.3, -0.25) is 9.59 Å². The summed E-state index contributed by atoms with van der Waals surface area (Å²) < 4.78 is 6.40. The number of anilines is 1. The van der Waals surface area contributed by atoms with Crippen molar-refractivity contribution in [1.82, 2.24) is 0 Å². The van der Waals surface area contributed by atoms with E-state index in [1.54, 1.807) is 0 Å². The highest BCUT2D eigenvalue weighted by atomic mass is 32.1. The predicted molar refractivity (Wildman–Crippen MR) is 106 cm³/mol. The van der Waals surface area contributed by atoms with Crippen LogP contribution in [0, 0.1) is 23.2 Å². The van der Waals surface area contributed by atoms with Crippen molar-refractivity contribution in [2.24, 2.45) is 11.8 Å². The van der Waals surface area contributed by atoms with Gasteiger partial charge < -0.3 is 10.1 Å². The Hall–Kier alpha value is -2.65. The van der Waals surface area contributed by atoms with Crippen LogP contribution in [0.15, 0.2) is 36.4 Å². The lowest BCUT2D eigenvalue weighted by Gasteiger charge is -2.27. The Morgan fingerprint density at radius 3 is 2.70 bits per heavy atom. The second-order valence-corrected chi connectivity index (χ2v) is 7.77. The average molecular weight is 382 g/mol. The average Bonchev–Trinajstić information content (AvgIpc) is 3.04. The molecule has 0 fully saturated rings. The number of nitrogens with one attached hydrogen (secondary N) is 1. The Labute approximate surface area is 162 Å². The molecule has 0 bridgehead atoms. The third-order valence-corrected chi connectivity index (χ3v) is 5.99. The van der Waals surface area contributed by atoms with Crippen LogP contribution in [0.1, 0.15) is 38.7 Å². The number of carbonyl (C=O) groups is 2. The molecule has 3 atom stereocenters. The first kappa shape index (κ1) is 19.1. The fourth-order valence-electron chi connectivity index (χ4n) is 3.18. The summed E-state index contributed by atoms with van der Waals surface area (Å²) in [5.74, 6) is -1.56. The van der Waals surface area contributed by atoms with E-state index >= 15 is 0 Å². The minimum absolute atomic E-state index is 0.167. The minimum atomic E-state index is -0.497. The maximum absolute atomic E-state index is 12.9. The van der Waals surface area contributed by atoms with Crippen LogP contribution in [0.5, 0.6) is 0 Å². The van der Waals surface area contributed by atoms with Gasteiger partial charge in [-0.1, -0.05) is 37.3 Å². The van der Waals surface area contributed by atoms with Gasteiger partial charge in [0.1, 0.15) is 11.1 Å². The van der Waals surface area contributed by atoms with Crippen molar-refractivity contribution in [2.45, 2.75) is 39.2 Å². The molecule has 0 saturated carbocycles. The number of amides is 1. The summed E-state index contributed by atoms with van der Waals surface area (Å²) in [6.07, 6.45) is 5.39. The number of nitriles is 1. The molecule has 1 amide bonds. The SMILES string of the molecule is CCC(C)OC(=O)C1CC=CCC1C(=O)Nc1sc2ccccc2c1C#N. The zero-order valence-electron chi connectivity index (χ0n) is 15.4. The summed E-state index contributed by atoms with van der Waals surface area (Å²) in [7, 11) is 0. The first-order valence-corrected chi connectivity index (χ1v) is 9.94. The maximum atomic E-state index is 12.9. The normalized spacial score (nSPS) is 20.0. The highest BCUT2D eigenvalue weighted by Gasteiger charge is 2.36. The van der Waals surface area contributed by atoms with E-state index in [9.17, 15) is 14.9 Å². The molecule has 5 nitrogen and oxygen atoms in total. The number of hydrogen-bond donors (Lipinski definition) is 1. The van der Waals surface area contributed by atoms with Crippen LogP contribution in [-0.2, 0) is 14.3 Å². The molecule has 0 saturated heterocycles. The molecule has 1 aromatic carbocycles. The molecule has 1 aliphatic rings. The second-order valence-electron chi connectivity index (χ2n) is 6.71. The zero-order valence-corrected chi connectivity index (χ0v) is 16.2. The predicted octanol–water partition coefficient (Wildman–Crippen LogP) is 4.64. The number of ether oxygens (including phenoxy) is 1. The molecular formula is C21H22N2O3S. The molecule has 1 heterocycles. The van der Waals surface area contributed by atoms with Gasteiger partial charge in [-0.25, -0.2) is 0 Å². The van der Waals surface area contributed by atoms with Crippen LogP contribution >= 0.6 is 11.3 Å². The molecule has 2 aromatic rings. The van der Waals surface area contributed by atoms with Crippen LogP contribution in [0.25, 0.3) is 10.1 Å². The third-order valence-electron chi connectivity index (χ3n) is 4.91. The summed E-state index contributed by atoms with van der Waals surface area (Å²) in [6.45, 7) is 3.80. The number of nitrogens with zero attached hydrogens (tertiary/aromatic N) is 1. The standard InChI is InChI=1S/C21H22N2O3S/c1-3-13(2)26-21(25)16-10-5-4-9-15(16)19(24)23-20-17(12-22)14-8-6-7-11-18(14)27-20/h4-8,11,13,15-16H,3,9-10H2,1-2H3,(H,23,24). The monoisotopic (exact) mass is 382 g/mol. The first-order chi connectivity index (χ1) is 13.0. The van der Waals surface area contributed by atoms with Crippen LogP contribution in [-0.4, -0.2) is 18.0 Å². The quantitative estimate of drug-likeness (QED) is 0.604. The van der Waals surface area contributed by atoms with Crippen molar-refractivity contribution < 1.29 is 14.3 Å². The summed E-state index contributed by atoms with van der Waals surface area (Å²) in [5.41, 5.74) is 0.467. The van der Waals surface area contributed by atoms with E-state index in [2.05, 4.69) is 11.4 Å². The van der Waals surface area contributed by atoms with Crippen LogP contribution in [0.2, 0.25) is 0 Å². The number of thiophene rings is 1. The van der Waals surface area contributed by atoms with E-state index in [1.807, 2.05) is 50.3 Å². The van der Waals surface area contributed by atoms with Crippen molar-refractivity contribution in [3.05, 3.63) is 42.0 Å². The van der Waals surface area contributed by atoms with E-state index < -0.39 is 11.8 Å². The minimum Gasteiger partial charge on any atom is -0.462 e. The molecule has 0 radical (unpaired) electrons. The topological polar surface area (TPSA) is 79.2 Å². The van der Waals surface area contributed by atoms with Crippen LogP contribution < -0.4 is 5.32 Å². The third kappa shape index (κ3) is 4.04. The fourth-order valence-corrected chi connectivity index (χ4v) is 4.24.